The molecular formula is C27H31NO3. The molecule has 0 N–H and O–H groups in total. The predicted octanol–water partition coefficient (Wildman–Crippen LogP) is 6.14. The summed E-state index contributed by atoms with van der Waals surface area (Å²) in [6.07, 6.45) is 11.4. The summed E-state index contributed by atoms with van der Waals surface area (Å²) in [6.45, 7) is 1.61. The van der Waals surface area contributed by atoms with Crippen molar-refractivity contribution in [2.75, 3.05) is 13.1 Å². The Morgan fingerprint density at radius 2 is 1.84 bits per heavy atom. The number of amides is 1. The monoisotopic (exact) mass is 417 g/mol. The molecule has 3 aliphatic rings. The third-order valence-corrected chi connectivity index (χ3v) is 7.04. The highest BCUT2D eigenvalue weighted by molar-refractivity contribution is 5.73. The molecule has 4 heteroatoms. The van der Waals surface area contributed by atoms with Gasteiger partial charge in [0.1, 0.15) is 18.0 Å². The van der Waals surface area contributed by atoms with Gasteiger partial charge in [-0.25, -0.2) is 4.79 Å². The van der Waals surface area contributed by atoms with Crippen LogP contribution in [0, 0.1) is 0 Å². The van der Waals surface area contributed by atoms with Crippen LogP contribution in [0.3, 0.4) is 0 Å². The maximum Gasteiger partial charge on any atom is 0.410 e. The molecule has 1 aliphatic carbocycles. The molecular weight excluding hydrogens is 386 g/mol. The van der Waals surface area contributed by atoms with E-state index in [1.807, 2.05) is 30.3 Å². The number of ether oxygens (including phenoxy) is 2. The smallest absolute Gasteiger partial charge is 0.410 e. The van der Waals surface area contributed by atoms with E-state index in [4.69, 9.17) is 9.47 Å². The van der Waals surface area contributed by atoms with Crippen molar-refractivity contribution in [2.45, 2.75) is 63.6 Å². The predicted molar refractivity (Wildman–Crippen MR) is 122 cm³/mol. The number of hydrogen-bond donors (Lipinski definition) is 0. The van der Waals surface area contributed by atoms with E-state index in [0.717, 1.165) is 30.6 Å². The standard InChI is InChI=1S/C27H31NO3/c29-26(30-20-21-7-3-1-4-8-21)28-17-12-22(13-18-28)23-9-10-25-24(19-23)11-16-27(31-25)14-5-2-6-15-27/h1,3-4,7-10,12,19H,2,5-6,11,13-18,20H2. The van der Waals surface area contributed by atoms with Gasteiger partial charge in [0, 0.05) is 13.1 Å². The Labute approximate surface area is 184 Å². The topological polar surface area (TPSA) is 38.8 Å². The summed E-state index contributed by atoms with van der Waals surface area (Å²) in [5.41, 5.74) is 5.01. The summed E-state index contributed by atoms with van der Waals surface area (Å²) in [4.78, 5) is 14.2. The van der Waals surface area contributed by atoms with Crippen LogP contribution in [0.25, 0.3) is 5.57 Å². The van der Waals surface area contributed by atoms with Gasteiger partial charge in [-0.3, -0.25) is 0 Å². The summed E-state index contributed by atoms with van der Waals surface area (Å²) in [5, 5.41) is 0. The number of carbonyl (C=O) groups is 1. The zero-order valence-corrected chi connectivity index (χ0v) is 18.1. The molecule has 4 nitrogen and oxygen atoms in total. The minimum Gasteiger partial charge on any atom is -0.487 e. The molecule has 2 heterocycles. The molecule has 0 unspecified atom stereocenters. The lowest BCUT2D eigenvalue weighted by Crippen LogP contribution is -2.41. The van der Waals surface area contributed by atoms with Crippen molar-refractivity contribution < 1.29 is 14.3 Å². The second-order valence-corrected chi connectivity index (χ2v) is 9.13. The Kier molecular flexibility index (Phi) is 5.71. The molecule has 1 amide bonds. The van der Waals surface area contributed by atoms with Crippen LogP contribution >= 0.6 is 0 Å². The van der Waals surface area contributed by atoms with Crippen molar-refractivity contribution in [1.29, 1.82) is 0 Å². The van der Waals surface area contributed by atoms with Crippen molar-refractivity contribution in [1.82, 2.24) is 4.90 Å². The highest BCUT2D eigenvalue weighted by Gasteiger charge is 2.37. The zero-order chi connectivity index (χ0) is 21.1. The Balaban J connectivity index is 1.20. The zero-order valence-electron chi connectivity index (χ0n) is 18.1. The summed E-state index contributed by atoms with van der Waals surface area (Å²) < 4.78 is 12.0. The lowest BCUT2D eigenvalue weighted by molar-refractivity contribution is 0.0108. The van der Waals surface area contributed by atoms with Crippen molar-refractivity contribution in [2.24, 2.45) is 0 Å². The van der Waals surface area contributed by atoms with E-state index in [9.17, 15) is 4.79 Å². The fraction of sp³-hybridized carbons (Fsp3) is 0.444. The molecule has 0 aromatic heterocycles. The molecule has 31 heavy (non-hydrogen) atoms. The fourth-order valence-corrected chi connectivity index (χ4v) is 5.18. The van der Waals surface area contributed by atoms with Crippen LogP contribution in [0.4, 0.5) is 4.79 Å². The number of rotatable bonds is 3. The van der Waals surface area contributed by atoms with E-state index < -0.39 is 0 Å². The highest BCUT2D eigenvalue weighted by Crippen LogP contribution is 2.42. The largest absolute Gasteiger partial charge is 0.487 e. The summed E-state index contributed by atoms with van der Waals surface area (Å²) in [5.74, 6) is 1.08. The van der Waals surface area contributed by atoms with Crippen molar-refractivity contribution in [3.8, 4) is 5.75 Å². The summed E-state index contributed by atoms with van der Waals surface area (Å²) in [7, 11) is 0. The lowest BCUT2D eigenvalue weighted by atomic mass is 9.78. The van der Waals surface area contributed by atoms with Gasteiger partial charge in [-0.1, -0.05) is 48.9 Å². The van der Waals surface area contributed by atoms with E-state index in [1.54, 1.807) is 4.90 Å². The van der Waals surface area contributed by atoms with Gasteiger partial charge in [-0.15, -0.1) is 0 Å². The highest BCUT2D eigenvalue weighted by atomic mass is 16.6. The van der Waals surface area contributed by atoms with Crippen LogP contribution in [0.15, 0.2) is 54.6 Å². The van der Waals surface area contributed by atoms with Crippen LogP contribution in [0.5, 0.6) is 5.75 Å². The third-order valence-electron chi connectivity index (χ3n) is 7.04. The van der Waals surface area contributed by atoms with E-state index in [-0.39, 0.29) is 11.7 Å². The average molecular weight is 418 g/mol. The maximum atomic E-state index is 12.4. The minimum atomic E-state index is -0.240. The van der Waals surface area contributed by atoms with Crippen LogP contribution in [0.1, 0.15) is 61.6 Å². The van der Waals surface area contributed by atoms with Gasteiger partial charge in [-0.2, -0.15) is 0 Å². The third kappa shape index (κ3) is 4.48. The van der Waals surface area contributed by atoms with E-state index >= 15 is 0 Å². The number of fused-ring (bicyclic) bond motifs is 1. The van der Waals surface area contributed by atoms with Crippen molar-refractivity contribution in [3.63, 3.8) is 0 Å². The lowest BCUT2D eigenvalue weighted by Gasteiger charge is -2.41. The molecule has 0 radical (unpaired) electrons. The van der Waals surface area contributed by atoms with Gasteiger partial charge >= 0.3 is 6.09 Å². The van der Waals surface area contributed by atoms with Gasteiger partial charge in [0.25, 0.3) is 0 Å². The molecule has 1 saturated carbocycles. The summed E-state index contributed by atoms with van der Waals surface area (Å²) in [6, 6.07) is 16.5. The molecule has 162 valence electrons. The fourth-order valence-electron chi connectivity index (χ4n) is 5.18. The minimum absolute atomic E-state index is 0.0947. The first kappa shape index (κ1) is 20.2. The van der Waals surface area contributed by atoms with Crippen molar-refractivity contribution in [3.05, 3.63) is 71.3 Å². The second-order valence-electron chi connectivity index (χ2n) is 9.13. The maximum absolute atomic E-state index is 12.4. The molecule has 0 saturated heterocycles. The first-order valence-electron chi connectivity index (χ1n) is 11.7. The number of aryl methyl sites for hydroxylation is 1. The number of nitrogens with zero attached hydrogens (tertiary/aromatic N) is 1. The molecule has 2 aromatic carbocycles. The quantitative estimate of drug-likeness (QED) is 0.602. The van der Waals surface area contributed by atoms with Crippen LogP contribution in [-0.2, 0) is 17.8 Å². The van der Waals surface area contributed by atoms with Gasteiger partial charge in [0.15, 0.2) is 0 Å². The Bertz CT molecular complexity index is 960. The molecule has 0 bridgehead atoms. The second kappa shape index (κ2) is 8.78. The van der Waals surface area contributed by atoms with E-state index in [1.165, 1.54) is 48.8 Å². The first-order chi connectivity index (χ1) is 15.2. The normalized spacial score (nSPS) is 19.9. The van der Waals surface area contributed by atoms with Gasteiger partial charge in [-0.05, 0) is 79.3 Å². The number of benzene rings is 2. The van der Waals surface area contributed by atoms with Gasteiger partial charge < -0.3 is 14.4 Å². The van der Waals surface area contributed by atoms with Gasteiger partial charge in [0.05, 0.1) is 0 Å². The van der Waals surface area contributed by atoms with Crippen LogP contribution in [0.2, 0.25) is 0 Å². The van der Waals surface area contributed by atoms with Crippen LogP contribution < -0.4 is 4.74 Å². The molecule has 2 aliphatic heterocycles. The molecule has 1 fully saturated rings. The Morgan fingerprint density at radius 3 is 2.61 bits per heavy atom. The first-order valence-corrected chi connectivity index (χ1v) is 11.7. The number of carbonyl (C=O) groups excluding carboxylic acids is 1. The van der Waals surface area contributed by atoms with Crippen LogP contribution in [-0.4, -0.2) is 29.7 Å². The summed E-state index contributed by atoms with van der Waals surface area (Å²) >= 11 is 0. The molecule has 2 aromatic rings. The SMILES string of the molecule is O=C(OCc1ccccc1)N1CC=C(c2ccc3c(c2)CCC2(CCCCC2)O3)CC1. The average Bonchev–Trinajstić information content (AvgIpc) is 2.83. The Morgan fingerprint density at radius 1 is 1.00 bits per heavy atom. The molecule has 0 atom stereocenters. The molecule has 5 rings (SSSR count). The number of hydrogen-bond acceptors (Lipinski definition) is 3. The Hall–Kier alpha value is -2.75. The van der Waals surface area contributed by atoms with Crippen molar-refractivity contribution >= 4 is 11.7 Å². The van der Waals surface area contributed by atoms with E-state index in [2.05, 4.69) is 24.3 Å². The van der Waals surface area contributed by atoms with Gasteiger partial charge in [0.2, 0.25) is 0 Å². The molecule has 1 spiro atoms. The van der Waals surface area contributed by atoms with E-state index in [0.29, 0.717) is 19.7 Å².